The van der Waals surface area contributed by atoms with Crippen molar-refractivity contribution in [2.45, 2.75) is 9.79 Å². The van der Waals surface area contributed by atoms with Crippen molar-refractivity contribution in [1.82, 2.24) is 15.0 Å². The average molecular weight is 484 g/mol. The minimum absolute atomic E-state index is 0.0281. The molecule has 0 radical (unpaired) electrons. The van der Waals surface area contributed by atoms with Crippen molar-refractivity contribution >= 4 is 32.0 Å². The molecule has 4 aromatic rings. The molecule has 33 heavy (non-hydrogen) atoms. The zero-order chi connectivity index (χ0) is 23.6. The fourth-order valence-corrected chi connectivity index (χ4v) is 4.63. The van der Waals surface area contributed by atoms with Crippen LogP contribution in [0, 0.1) is 0 Å². The van der Waals surface area contributed by atoms with Crippen LogP contribution in [-0.2, 0) is 20.2 Å². The van der Waals surface area contributed by atoms with E-state index in [1.807, 2.05) is 30.3 Å². The number of hydrogen-bond donors (Lipinski definition) is 2. The van der Waals surface area contributed by atoms with E-state index >= 15 is 0 Å². The Balaban J connectivity index is 1.99. The maximum Gasteiger partial charge on any atom is 0.295 e. The Morgan fingerprint density at radius 2 is 1.33 bits per heavy atom. The molecule has 0 unspecified atom stereocenters. The predicted molar refractivity (Wildman–Crippen MR) is 121 cm³/mol. The van der Waals surface area contributed by atoms with Gasteiger partial charge in [0.1, 0.15) is 15.5 Å². The quantitative estimate of drug-likeness (QED) is 0.314. The highest BCUT2D eigenvalue weighted by Gasteiger charge is 2.22. The highest BCUT2D eigenvalue weighted by molar-refractivity contribution is 7.86. The first-order chi connectivity index (χ1) is 15.6. The molecule has 3 aromatic carbocycles. The Kier molecular flexibility index (Phi) is 5.95. The lowest BCUT2D eigenvalue weighted by Gasteiger charge is -2.12. The summed E-state index contributed by atoms with van der Waals surface area (Å²) < 4.78 is 67.2. The summed E-state index contributed by atoms with van der Waals surface area (Å²) in [6.45, 7) is 0. The summed E-state index contributed by atoms with van der Waals surface area (Å²) in [5.41, 5.74) is 1.39. The summed E-state index contributed by atoms with van der Waals surface area (Å²) in [7, 11) is -9.22. The molecule has 168 valence electrons. The molecule has 1 heterocycles. The standard InChI is InChI=1S/C22H17N3O6S2/c26-32(27,28)21-12-6-4-10-17(21)14-20(18-11-5-7-13-22(18)33(29,30)31)25-23-15-19(24-25)16-8-2-1-3-9-16/h1-15H,(H,26,27,28)(H,29,30,31). The van der Waals surface area contributed by atoms with Crippen LogP contribution in [0.2, 0.25) is 0 Å². The number of aromatic nitrogens is 3. The van der Waals surface area contributed by atoms with Crippen LogP contribution in [0.5, 0.6) is 0 Å². The van der Waals surface area contributed by atoms with E-state index in [4.69, 9.17) is 0 Å². The first-order valence-corrected chi connectivity index (χ1v) is 12.4. The van der Waals surface area contributed by atoms with Crippen LogP contribution in [-0.4, -0.2) is 40.9 Å². The first kappa shape index (κ1) is 22.6. The number of benzene rings is 3. The Hall–Kier alpha value is -3.64. The van der Waals surface area contributed by atoms with E-state index in [0.29, 0.717) is 5.69 Å². The fourth-order valence-electron chi connectivity index (χ4n) is 3.25. The molecule has 2 N–H and O–H groups in total. The van der Waals surface area contributed by atoms with Gasteiger partial charge in [0.2, 0.25) is 0 Å². The van der Waals surface area contributed by atoms with Crippen molar-refractivity contribution in [3.05, 3.63) is 96.2 Å². The number of nitrogens with zero attached hydrogens (tertiary/aromatic N) is 3. The van der Waals surface area contributed by atoms with Gasteiger partial charge in [0.15, 0.2) is 0 Å². The minimum atomic E-state index is -4.64. The summed E-state index contributed by atoms with van der Waals surface area (Å²) in [6, 6.07) is 20.4. The van der Waals surface area contributed by atoms with E-state index < -0.39 is 25.1 Å². The third-order valence-electron chi connectivity index (χ3n) is 4.71. The summed E-state index contributed by atoms with van der Waals surface area (Å²) in [5.74, 6) is 0. The number of rotatable bonds is 6. The van der Waals surface area contributed by atoms with E-state index in [-0.39, 0.29) is 21.7 Å². The Bertz CT molecular complexity index is 1560. The van der Waals surface area contributed by atoms with Crippen molar-refractivity contribution in [2.75, 3.05) is 0 Å². The van der Waals surface area contributed by atoms with Crippen LogP contribution in [0.3, 0.4) is 0 Å². The van der Waals surface area contributed by atoms with E-state index in [0.717, 1.165) is 10.4 Å². The van der Waals surface area contributed by atoms with Gasteiger partial charge in [-0.15, -0.1) is 5.10 Å². The van der Waals surface area contributed by atoms with Crippen molar-refractivity contribution in [3.63, 3.8) is 0 Å². The van der Waals surface area contributed by atoms with Gasteiger partial charge in [0.25, 0.3) is 20.2 Å². The molecule has 11 heteroatoms. The smallest absolute Gasteiger partial charge is 0.282 e. The summed E-state index contributed by atoms with van der Waals surface area (Å²) in [6.07, 6.45) is 2.79. The molecule has 9 nitrogen and oxygen atoms in total. The Labute approximate surface area is 190 Å². The van der Waals surface area contributed by atoms with Gasteiger partial charge in [-0.1, -0.05) is 66.7 Å². The molecule has 1 aromatic heterocycles. The normalized spacial score (nSPS) is 12.6. The summed E-state index contributed by atoms with van der Waals surface area (Å²) in [5, 5.41) is 8.65. The molecular formula is C22H17N3O6S2. The van der Waals surface area contributed by atoms with Gasteiger partial charge in [-0.05, 0) is 23.8 Å². The second-order valence-electron chi connectivity index (χ2n) is 6.90. The lowest BCUT2D eigenvalue weighted by atomic mass is 10.1. The highest BCUT2D eigenvalue weighted by atomic mass is 32.2. The molecular weight excluding hydrogens is 466 g/mol. The monoisotopic (exact) mass is 483 g/mol. The molecule has 4 rings (SSSR count). The van der Waals surface area contributed by atoms with Crippen molar-refractivity contribution in [1.29, 1.82) is 0 Å². The zero-order valence-corrected chi connectivity index (χ0v) is 18.5. The first-order valence-electron chi connectivity index (χ1n) is 9.48. The van der Waals surface area contributed by atoms with Crippen LogP contribution >= 0.6 is 0 Å². The third-order valence-corrected chi connectivity index (χ3v) is 6.55. The van der Waals surface area contributed by atoms with Gasteiger partial charge in [-0.25, -0.2) is 0 Å². The maximum absolute atomic E-state index is 12.0. The van der Waals surface area contributed by atoms with Crippen LogP contribution in [0.1, 0.15) is 11.1 Å². The van der Waals surface area contributed by atoms with Crippen LogP contribution in [0.25, 0.3) is 23.0 Å². The minimum Gasteiger partial charge on any atom is -0.282 e. The van der Waals surface area contributed by atoms with Gasteiger partial charge in [-0.3, -0.25) is 9.11 Å². The SMILES string of the molecule is O=S(=O)(O)c1ccccc1C=C(c1ccccc1S(=O)(=O)O)n1ncc(-c2ccccc2)n1. The third kappa shape index (κ3) is 4.91. The molecule has 0 saturated heterocycles. The van der Waals surface area contributed by atoms with E-state index in [1.54, 1.807) is 12.1 Å². The van der Waals surface area contributed by atoms with E-state index in [2.05, 4.69) is 10.2 Å². The van der Waals surface area contributed by atoms with Crippen LogP contribution < -0.4 is 0 Å². The highest BCUT2D eigenvalue weighted by Crippen LogP contribution is 2.29. The average Bonchev–Trinajstić information content (AvgIpc) is 3.27. The summed E-state index contributed by atoms with van der Waals surface area (Å²) in [4.78, 5) is 0.328. The second kappa shape index (κ2) is 8.71. The molecule has 0 bridgehead atoms. The van der Waals surface area contributed by atoms with Crippen molar-refractivity contribution in [3.8, 4) is 11.3 Å². The predicted octanol–water partition coefficient (Wildman–Crippen LogP) is 3.48. The molecule has 0 amide bonds. The topological polar surface area (TPSA) is 139 Å². The second-order valence-corrected chi connectivity index (χ2v) is 9.68. The lowest BCUT2D eigenvalue weighted by molar-refractivity contribution is 0.480. The van der Waals surface area contributed by atoms with Crippen molar-refractivity contribution < 1.29 is 25.9 Å². The Morgan fingerprint density at radius 3 is 2.00 bits per heavy atom. The van der Waals surface area contributed by atoms with Crippen molar-refractivity contribution in [2.24, 2.45) is 0 Å². The van der Waals surface area contributed by atoms with Crippen LogP contribution in [0.4, 0.5) is 0 Å². The van der Waals surface area contributed by atoms with Gasteiger partial charge in [-0.2, -0.15) is 26.7 Å². The molecule has 0 fully saturated rings. The molecule has 0 aliphatic heterocycles. The van der Waals surface area contributed by atoms with Gasteiger partial charge < -0.3 is 0 Å². The van der Waals surface area contributed by atoms with E-state index in [1.165, 1.54) is 48.7 Å². The molecule has 0 aliphatic carbocycles. The Morgan fingerprint density at radius 1 is 0.758 bits per heavy atom. The molecule has 0 saturated carbocycles. The van der Waals surface area contributed by atoms with Crippen LogP contribution in [0.15, 0.2) is 94.9 Å². The number of hydrogen-bond acceptors (Lipinski definition) is 6. The molecule has 0 atom stereocenters. The lowest BCUT2D eigenvalue weighted by Crippen LogP contribution is -2.09. The van der Waals surface area contributed by atoms with Gasteiger partial charge in [0, 0.05) is 11.1 Å². The molecule has 0 spiro atoms. The zero-order valence-electron chi connectivity index (χ0n) is 16.8. The van der Waals surface area contributed by atoms with Gasteiger partial charge >= 0.3 is 0 Å². The summed E-state index contributed by atoms with van der Waals surface area (Å²) >= 11 is 0. The molecule has 0 aliphatic rings. The largest absolute Gasteiger partial charge is 0.295 e. The fraction of sp³-hybridized carbons (Fsp3) is 0. The van der Waals surface area contributed by atoms with Gasteiger partial charge in [0.05, 0.1) is 11.9 Å². The van der Waals surface area contributed by atoms with E-state index in [9.17, 15) is 25.9 Å². The maximum atomic E-state index is 12.0.